The summed E-state index contributed by atoms with van der Waals surface area (Å²) in [5, 5.41) is 20.0. The fourth-order valence-electron chi connectivity index (χ4n) is 1.51. The number of aliphatic carboxylic acids is 1. The highest BCUT2D eigenvalue weighted by Gasteiger charge is 2.19. The highest BCUT2D eigenvalue weighted by molar-refractivity contribution is 7.99. The lowest BCUT2D eigenvalue weighted by atomic mass is 10.2. The SMILES string of the molecule is COCC(NC(=O)CSCc1ccc(C#N)cc1)C(=O)O. The van der Waals surface area contributed by atoms with E-state index < -0.39 is 12.0 Å². The van der Waals surface area contributed by atoms with Gasteiger partial charge in [-0.3, -0.25) is 4.79 Å². The minimum Gasteiger partial charge on any atom is -0.480 e. The summed E-state index contributed by atoms with van der Waals surface area (Å²) in [6.07, 6.45) is 0. The molecule has 1 atom stereocenters. The molecule has 2 N–H and O–H groups in total. The van der Waals surface area contributed by atoms with Gasteiger partial charge in [-0.15, -0.1) is 11.8 Å². The van der Waals surface area contributed by atoms with Crippen molar-refractivity contribution in [3.8, 4) is 6.07 Å². The first kappa shape index (κ1) is 17.0. The van der Waals surface area contributed by atoms with Gasteiger partial charge < -0.3 is 15.2 Å². The third-order valence-electron chi connectivity index (χ3n) is 2.55. The van der Waals surface area contributed by atoms with Gasteiger partial charge in [-0.1, -0.05) is 12.1 Å². The van der Waals surface area contributed by atoms with Crippen molar-refractivity contribution < 1.29 is 19.4 Å². The van der Waals surface area contributed by atoms with Gasteiger partial charge in [-0.25, -0.2) is 4.79 Å². The Hall–Kier alpha value is -2.04. The number of carboxylic acids is 1. The quantitative estimate of drug-likeness (QED) is 0.743. The molecule has 21 heavy (non-hydrogen) atoms. The summed E-state index contributed by atoms with van der Waals surface area (Å²) in [5.74, 6) is -0.699. The van der Waals surface area contributed by atoms with Crippen LogP contribution in [0.15, 0.2) is 24.3 Å². The van der Waals surface area contributed by atoms with Gasteiger partial charge in [0.15, 0.2) is 6.04 Å². The second-order valence-electron chi connectivity index (χ2n) is 4.22. The summed E-state index contributed by atoms with van der Waals surface area (Å²) < 4.78 is 4.73. The molecular weight excluding hydrogens is 292 g/mol. The number of benzene rings is 1. The van der Waals surface area contributed by atoms with Crippen molar-refractivity contribution in [2.45, 2.75) is 11.8 Å². The maximum atomic E-state index is 11.6. The molecule has 7 heteroatoms. The van der Waals surface area contributed by atoms with Crippen LogP contribution < -0.4 is 5.32 Å². The van der Waals surface area contributed by atoms with Gasteiger partial charge in [0.2, 0.25) is 5.91 Å². The maximum Gasteiger partial charge on any atom is 0.328 e. The summed E-state index contributed by atoms with van der Waals surface area (Å²) in [7, 11) is 1.38. The van der Waals surface area contributed by atoms with E-state index in [0.29, 0.717) is 11.3 Å². The van der Waals surface area contributed by atoms with Crippen molar-refractivity contribution in [2.24, 2.45) is 0 Å². The number of nitriles is 1. The Bertz CT molecular complexity index is 525. The fourth-order valence-corrected chi connectivity index (χ4v) is 2.31. The molecule has 1 aromatic carbocycles. The zero-order chi connectivity index (χ0) is 15.7. The minimum absolute atomic E-state index is 0.0681. The molecule has 0 heterocycles. The van der Waals surface area contributed by atoms with Crippen LogP contribution in [0, 0.1) is 11.3 Å². The maximum absolute atomic E-state index is 11.6. The molecule has 0 spiro atoms. The molecule has 112 valence electrons. The normalized spacial score (nSPS) is 11.4. The number of carboxylic acid groups (broad SMARTS) is 1. The minimum atomic E-state index is -1.12. The topological polar surface area (TPSA) is 99.4 Å². The van der Waals surface area contributed by atoms with Crippen molar-refractivity contribution in [3.63, 3.8) is 0 Å². The summed E-state index contributed by atoms with van der Waals surface area (Å²) in [6.45, 7) is -0.0681. The molecule has 0 bridgehead atoms. The lowest BCUT2D eigenvalue weighted by molar-refractivity contribution is -0.142. The predicted octanol–water partition coefficient (Wildman–Crippen LogP) is 1.01. The van der Waals surface area contributed by atoms with E-state index in [1.807, 2.05) is 18.2 Å². The van der Waals surface area contributed by atoms with Crippen LogP contribution in [0.3, 0.4) is 0 Å². The van der Waals surface area contributed by atoms with Crippen LogP contribution >= 0.6 is 11.8 Å². The smallest absolute Gasteiger partial charge is 0.328 e. The number of carbonyl (C=O) groups excluding carboxylic acids is 1. The summed E-state index contributed by atoms with van der Waals surface area (Å²) in [5.41, 5.74) is 1.59. The van der Waals surface area contributed by atoms with Crippen LogP contribution in [-0.2, 0) is 20.1 Å². The monoisotopic (exact) mass is 308 g/mol. The predicted molar refractivity (Wildman–Crippen MR) is 78.8 cm³/mol. The molecule has 0 radical (unpaired) electrons. The van der Waals surface area contributed by atoms with Crippen molar-refractivity contribution in [1.29, 1.82) is 5.26 Å². The van der Waals surface area contributed by atoms with Crippen LogP contribution in [0.25, 0.3) is 0 Å². The van der Waals surface area contributed by atoms with Crippen molar-refractivity contribution in [2.75, 3.05) is 19.5 Å². The van der Waals surface area contributed by atoms with Crippen LogP contribution in [-0.4, -0.2) is 42.5 Å². The largest absolute Gasteiger partial charge is 0.480 e. The number of methoxy groups -OCH3 is 1. The fraction of sp³-hybridized carbons (Fsp3) is 0.357. The number of thioether (sulfide) groups is 1. The Morgan fingerprint density at radius 3 is 2.62 bits per heavy atom. The van der Waals surface area contributed by atoms with Gasteiger partial charge in [0, 0.05) is 12.9 Å². The number of ether oxygens (including phenoxy) is 1. The zero-order valence-corrected chi connectivity index (χ0v) is 12.4. The first-order valence-electron chi connectivity index (χ1n) is 6.14. The van der Waals surface area contributed by atoms with Crippen molar-refractivity contribution in [1.82, 2.24) is 5.32 Å². The third-order valence-corrected chi connectivity index (χ3v) is 3.56. The molecule has 0 saturated carbocycles. The highest BCUT2D eigenvalue weighted by atomic mass is 32.2. The lowest BCUT2D eigenvalue weighted by Gasteiger charge is -2.13. The van der Waals surface area contributed by atoms with Gasteiger partial charge in [0.05, 0.1) is 24.0 Å². The number of hydrogen-bond donors (Lipinski definition) is 2. The summed E-state index contributed by atoms with van der Waals surface area (Å²) >= 11 is 1.37. The molecule has 0 aliphatic carbocycles. The molecule has 1 aromatic rings. The number of nitrogens with one attached hydrogen (secondary N) is 1. The first-order valence-corrected chi connectivity index (χ1v) is 7.30. The van der Waals surface area contributed by atoms with E-state index in [-0.39, 0.29) is 18.3 Å². The van der Waals surface area contributed by atoms with Crippen molar-refractivity contribution in [3.05, 3.63) is 35.4 Å². The number of rotatable bonds is 8. The summed E-state index contributed by atoms with van der Waals surface area (Å²) in [4.78, 5) is 22.5. The van der Waals surface area contributed by atoms with Gasteiger partial charge in [0.25, 0.3) is 0 Å². The Balaban J connectivity index is 2.35. The van der Waals surface area contributed by atoms with Crippen LogP contribution in [0.5, 0.6) is 0 Å². The molecule has 0 fully saturated rings. The molecule has 0 saturated heterocycles. The average molecular weight is 308 g/mol. The van der Waals surface area contributed by atoms with E-state index in [0.717, 1.165) is 5.56 Å². The molecule has 1 unspecified atom stereocenters. The van der Waals surface area contributed by atoms with Crippen LogP contribution in [0.4, 0.5) is 0 Å². The van der Waals surface area contributed by atoms with E-state index in [4.69, 9.17) is 15.1 Å². The first-order chi connectivity index (χ1) is 10.1. The van der Waals surface area contributed by atoms with Gasteiger partial charge >= 0.3 is 5.97 Å². The van der Waals surface area contributed by atoms with E-state index in [1.54, 1.807) is 12.1 Å². The number of carbonyl (C=O) groups is 2. The Morgan fingerprint density at radius 1 is 1.43 bits per heavy atom. The van der Waals surface area contributed by atoms with Crippen molar-refractivity contribution >= 4 is 23.6 Å². The highest BCUT2D eigenvalue weighted by Crippen LogP contribution is 2.12. The van der Waals surface area contributed by atoms with E-state index in [2.05, 4.69) is 5.32 Å². The molecule has 1 rings (SSSR count). The van der Waals surface area contributed by atoms with E-state index >= 15 is 0 Å². The second-order valence-corrected chi connectivity index (χ2v) is 5.20. The second kappa shape index (κ2) is 9.00. The van der Waals surface area contributed by atoms with Gasteiger partial charge in [0.1, 0.15) is 0 Å². The van der Waals surface area contributed by atoms with E-state index in [9.17, 15) is 9.59 Å². The lowest BCUT2D eigenvalue weighted by Crippen LogP contribution is -2.44. The molecule has 0 aromatic heterocycles. The zero-order valence-electron chi connectivity index (χ0n) is 11.5. The standard InChI is InChI=1S/C14H16N2O4S/c1-20-7-12(14(18)19)16-13(17)9-21-8-11-4-2-10(6-15)3-5-11/h2-5,12H,7-9H2,1H3,(H,16,17)(H,18,19). The Kier molecular flexibility index (Phi) is 7.29. The van der Waals surface area contributed by atoms with Gasteiger partial charge in [-0.2, -0.15) is 5.26 Å². The number of hydrogen-bond acceptors (Lipinski definition) is 5. The molecule has 0 aliphatic rings. The van der Waals surface area contributed by atoms with E-state index in [1.165, 1.54) is 18.9 Å². The molecule has 6 nitrogen and oxygen atoms in total. The molecule has 0 aliphatic heterocycles. The Morgan fingerprint density at radius 2 is 2.10 bits per heavy atom. The molecule has 1 amide bonds. The van der Waals surface area contributed by atoms with Gasteiger partial charge in [-0.05, 0) is 17.7 Å². The van der Waals surface area contributed by atoms with Crippen LogP contribution in [0.1, 0.15) is 11.1 Å². The average Bonchev–Trinajstić information content (AvgIpc) is 2.47. The third kappa shape index (κ3) is 6.29. The molecular formula is C14H16N2O4S. The number of amides is 1. The van der Waals surface area contributed by atoms with Crippen LogP contribution in [0.2, 0.25) is 0 Å². The number of nitrogens with zero attached hydrogens (tertiary/aromatic N) is 1. The Labute approximate surface area is 127 Å². The summed E-state index contributed by atoms with van der Waals surface area (Å²) in [6, 6.07) is 8.09.